The van der Waals surface area contributed by atoms with Crippen molar-refractivity contribution in [3.8, 4) is 5.75 Å². The zero-order chi connectivity index (χ0) is 14.5. The molecule has 4 nitrogen and oxygen atoms in total. The molecule has 0 aliphatic rings. The molecule has 20 heavy (non-hydrogen) atoms. The van der Waals surface area contributed by atoms with E-state index in [0.29, 0.717) is 6.54 Å². The Morgan fingerprint density at radius 2 is 2.15 bits per heavy atom. The summed E-state index contributed by atoms with van der Waals surface area (Å²) in [7, 11) is 3.61. The van der Waals surface area contributed by atoms with Gasteiger partial charge in [0.2, 0.25) is 0 Å². The van der Waals surface area contributed by atoms with Gasteiger partial charge in [0.1, 0.15) is 11.5 Å². The molecule has 0 radical (unpaired) electrons. The lowest BCUT2D eigenvalue weighted by atomic mass is 10.1. The monoisotopic (exact) mass is 275 g/mol. The lowest BCUT2D eigenvalue weighted by Gasteiger charge is -2.20. The molecule has 1 unspecified atom stereocenters. The van der Waals surface area contributed by atoms with Gasteiger partial charge in [0.25, 0.3) is 0 Å². The molecule has 0 amide bonds. The van der Waals surface area contributed by atoms with Crippen LogP contribution in [-0.2, 0) is 6.54 Å². The standard InChI is InChI=1S/C16H21NO3/c1-12-14(7-8-20-12)10-17(2)11-16(18)13-5-4-6-15(9-13)19-3/h4-9,16,18H,10-11H2,1-3H3. The van der Waals surface area contributed by atoms with Crippen LogP contribution in [0.1, 0.15) is 23.0 Å². The molecule has 0 saturated carbocycles. The highest BCUT2D eigenvalue weighted by Gasteiger charge is 2.13. The molecule has 0 saturated heterocycles. The lowest BCUT2D eigenvalue weighted by molar-refractivity contribution is 0.123. The van der Waals surface area contributed by atoms with Gasteiger partial charge in [-0.2, -0.15) is 0 Å². The zero-order valence-electron chi connectivity index (χ0n) is 12.2. The molecule has 1 aromatic heterocycles. The van der Waals surface area contributed by atoms with Crippen LogP contribution < -0.4 is 4.74 Å². The van der Waals surface area contributed by atoms with Crippen LogP contribution in [0, 0.1) is 6.92 Å². The van der Waals surface area contributed by atoms with Crippen molar-refractivity contribution in [3.63, 3.8) is 0 Å². The third-order valence-corrected chi connectivity index (χ3v) is 3.37. The van der Waals surface area contributed by atoms with Gasteiger partial charge in [-0.15, -0.1) is 0 Å². The molecule has 0 aliphatic carbocycles. The molecule has 1 N–H and O–H groups in total. The van der Waals surface area contributed by atoms with Gasteiger partial charge in [0, 0.05) is 18.7 Å². The van der Waals surface area contributed by atoms with Crippen molar-refractivity contribution in [2.24, 2.45) is 0 Å². The van der Waals surface area contributed by atoms with Crippen molar-refractivity contribution in [2.45, 2.75) is 19.6 Å². The number of benzene rings is 1. The van der Waals surface area contributed by atoms with E-state index in [2.05, 4.69) is 4.90 Å². The largest absolute Gasteiger partial charge is 0.497 e. The minimum Gasteiger partial charge on any atom is -0.497 e. The second kappa shape index (κ2) is 6.59. The first-order valence-corrected chi connectivity index (χ1v) is 6.63. The Bertz CT molecular complexity index is 550. The number of hydrogen-bond acceptors (Lipinski definition) is 4. The van der Waals surface area contributed by atoms with Crippen LogP contribution in [-0.4, -0.2) is 30.7 Å². The number of ether oxygens (including phenoxy) is 1. The molecule has 4 heteroatoms. The molecule has 2 rings (SSSR count). The molecule has 1 aromatic carbocycles. The Morgan fingerprint density at radius 3 is 2.80 bits per heavy atom. The van der Waals surface area contributed by atoms with E-state index in [1.807, 2.05) is 44.3 Å². The van der Waals surface area contributed by atoms with Crippen molar-refractivity contribution in [1.82, 2.24) is 4.90 Å². The number of methoxy groups -OCH3 is 1. The van der Waals surface area contributed by atoms with E-state index in [9.17, 15) is 5.11 Å². The van der Waals surface area contributed by atoms with E-state index in [1.54, 1.807) is 13.4 Å². The number of aliphatic hydroxyl groups excluding tert-OH is 1. The first-order valence-electron chi connectivity index (χ1n) is 6.63. The van der Waals surface area contributed by atoms with Crippen LogP contribution in [0.2, 0.25) is 0 Å². The quantitative estimate of drug-likeness (QED) is 0.880. The van der Waals surface area contributed by atoms with Crippen molar-refractivity contribution >= 4 is 0 Å². The van der Waals surface area contributed by atoms with Crippen molar-refractivity contribution < 1.29 is 14.3 Å². The van der Waals surface area contributed by atoms with E-state index in [1.165, 1.54) is 0 Å². The van der Waals surface area contributed by atoms with Gasteiger partial charge in [-0.1, -0.05) is 12.1 Å². The van der Waals surface area contributed by atoms with Gasteiger partial charge in [0.05, 0.1) is 19.5 Å². The summed E-state index contributed by atoms with van der Waals surface area (Å²) >= 11 is 0. The second-order valence-electron chi connectivity index (χ2n) is 4.99. The SMILES string of the molecule is COc1cccc(C(O)CN(C)Cc2ccoc2C)c1. The van der Waals surface area contributed by atoms with Crippen LogP contribution in [0.25, 0.3) is 0 Å². The van der Waals surface area contributed by atoms with Gasteiger partial charge in [-0.3, -0.25) is 4.90 Å². The normalized spacial score (nSPS) is 12.7. The predicted octanol–water partition coefficient (Wildman–Crippen LogP) is 2.76. The third kappa shape index (κ3) is 3.62. The van der Waals surface area contributed by atoms with E-state index >= 15 is 0 Å². The Labute approximate surface area is 119 Å². The molecule has 108 valence electrons. The lowest BCUT2D eigenvalue weighted by Crippen LogP contribution is -2.24. The molecule has 0 bridgehead atoms. The summed E-state index contributed by atoms with van der Waals surface area (Å²) in [6.45, 7) is 3.25. The van der Waals surface area contributed by atoms with Gasteiger partial charge in [-0.05, 0) is 37.7 Å². The number of furan rings is 1. The highest BCUT2D eigenvalue weighted by atomic mass is 16.5. The number of aliphatic hydroxyl groups is 1. The maximum Gasteiger partial charge on any atom is 0.119 e. The highest BCUT2D eigenvalue weighted by molar-refractivity contribution is 5.30. The third-order valence-electron chi connectivity index (χ3n) is 3.37. The van der Waals surface area contributed by atoms with Crippen LogP contribution >= 0.6 is 0 Å². The molecule has 0 aliphatic heterocycles. The molecular weight excluding hydrogens is 254 g/mol. The number of likely N-dealkylation sites (N-methyl/N-ethyl adjacent to an activating group) is 1. The van der Waals surface area contributed by atoms with Gasteiger partial charge in [-0.25, -0.2) is 0 Å². The van der Waals surface area contributed by atoms with Crippen molar-refractivity contribution in [3.05, 3.63) is 53.5 Å². The van der Waals surface area contributed by atoms with Crippen molar-refractivity contribution in [1.29, 1.82) is 0 Å². The maximum atomic E-state index is 10.3. The molecule has 1 atom stereocenters. The van der Waals surface area contributed by atoms with Crippen molar-refractivity contribution in [2.75, 3.05) is 20.7 Å². The average molecular weight is 275 g/mol. The van der Waals surface area contributed by atoms with Gasteiger partial charge in [0.15, 0.2) is 0 Å². The number of rotatable bonds is 6. The van der Waals surface area contributed by atoms with Crippen LogP contribution in [0.5, 0.6) is 5.75 Å². The summed E-state index contributed by atoms with van der Waals surface area (Å²) in [5, 5.41) is 10.3. The summed E-state index contributed by atoms with van der Waals surface area (Å²) in [6.07, 6.45) is 1.15. The maximum absolute atomic E-state index is 10.3. The van der Waals surface area contributed by atoms with E-state index in [0.717, 1.165) is 29.2 Å². The predicted molar refractivity (Wildman–Crippen MR) is 77.7 cm³/mol. The first-order chi connectivity index (χ1) is 9.60. The van der Waals surface area contributed by atoms with E-state index in [4.69, 9.17) is 9.15 Å². The number of hydrogen-bond donors (Lipinski definition) is 1. The van der Waals surface area contributed by atoms with Crippen LogP contribution in [0.15, 0.2) is 41.0 Å². The zero-order valence-corrected chi connectivity index (χ0v) is 12.2. The van der Waals surface area contributed by atoms with E-state index in [-0.39, 0.29) is 0 Å². The number of aryl methyl sites for hydroxylation is 1. The van der Waals surface area contributed by atoms with Gasteiger partial charge < -0.3 is 14.3 Å². The highest BCUT2D eigenvalue weighted by Crippen LogP contribution is 2.20. The summed E-state index contributed by atoms with van der Waals surface area (Å²) in [4.78, 5) is 2.07. The average Bonchev–Trinajstić information content (AvgIpc) is 2.84. The minimum atomic E-state index is -0.540. The fourth-order valence-electron chi connectivity index (χ4n) is 2.18. The molecule has 0 spiro atoms. The second-order valence-corrected chi connectivity index (χ2v) is 4.99. The smallest absolute Gasteiger partial charge is 0.119 e. The number of nitrogens with zero attached hydrogens (tertiary/aromatic N) is 1. The molecular formula is C16H21NO3. The summed E-state index contributed by atoms with van der Waals surface area (Å²) in [6, 6.07) is 9.49. The van der Waals surface area contributed by atoms with E-state index < -0.39 is 6.10 Å². The Hall–Kier alpha value is -1.78. The summed E-state index contributed by atoms with van der Waals surface area (Å²) in [5.74, 6) is 1.68. The van der Waals surface area contributed by atoms with Crippen LogP contribution in [0.4, 0.5) is 0 Å². The minimum absolute atomic E-state index is 0.540. The first kappa shape index (κ1) is 14.6. The Morgan fingerprint density at radius 1 is 1.35 bits per heavy atom. The van der Waals surface area contributed by atoms with Crippen LogP contribution in [0.3, 0.4) is 0 Å². The molecule has 1 heterocycles. The fraction of sp³-hybridized carbons (Fsp3) is 0.375. The fourth-order valence-corrected chi connectivity index (χ4v) is 2.18. The summed E-state index contributed by atoms with van der Waals surface area (Å²) < 4.78 is 10.5. The van der Waals surface area contributed by atoms with Gasteiger partial charge >= 0.3 is 0 Å². The summed E-state index contributed by atoms with van der Waals surface area (Å²) in [5.41, 5.74) is 2.01. The topological polar surface area (TPSA) is 45.8 Å². The Kier molecular flexibility index (Phi) is 4.82. The Balaban J connectivity index is 1.96. The molecule has 2 aromatic rings. The molecule has 0 fully saturated rings.